The number of amides is 1. The fourth-order valence-electron chi connectivity index (χ4n) is 3.49. The van der Waals surface area contributed by atoms with Crippen LogP contribution in [-0.4, -0.2) is 23.0 Å². The molecule has 4 heteroatoms. The molecule has 2 aliphatic rings. The molecule has 0 bridgehead atoms. The molecule has 2 saturated carbocycles. The zero-order valence-corrected chi connectivity index (χ0v) is 11.7. The van der Waals surface area contributed by atoms with Gasteiger partial charge in [0.15, 0.2) is 0 Å². The first-order valence-electron chi connectivity index (χ1n) is 7.63. The molecule has 0 aromatic rings. The topological polar surface area (TPSA) is 66.4 Å². The summed E-state index contributed by atoms with van der Waals surface area (Å²) in [6.07, 6.45) is 7.66. The molecule has 0 spiro atoms. The van der Waals surface area contributed by atoms with Gasteiger partial charge in [-0.1, -0.05) is 13.3 Å². The van der Waals surface area contributed by atoms with E-state index in [1.807, 2.05) is 0 Å². The molecular weight excluding hydrogens is 242 g/mol. The molecule has 0 radical (unpaired) electrons. The predicted octanol–water partition coefficient (Wildman–Crippen LogP) is 2.57. The van der Waals surface area contributed by atoms with E-state index in [-0.39, 0.29) is 23.8 Å². The molecule has 0 aromatic heterocycles. The summed E-state index contributed by atoms with van der Waals surface area (Å²) in [4.78, 5) is 23.1. The standard InChI is InChI=1S/C15H25NO3/c1-2-10-3-5-11(6-4-10)14(17)16-13-8-7-12(9-13)15(18)19/h10-13H,2-9H2,1H3,(H,16,17)(H,18,19)/t10?,11?,12-,13+/m1/s1. The Hall–Kier alpha value is -1.06. The van der Waals surface area contributed by atoms with Crippen LogP contribution < -0.4 is 5.32 Å². The summed E-state index contributed by atoms with van der Waals surface area (Å²) in [6.45, 7) is 2.22. The maximum absolute atomic E-state index is 12.2. The van der Waals surface area contributed by atoms with E-state index >= 15 is 0 Å². The Morgan fingerprint density at radius 2 is 1.68 bits per heavy atom. The van der Waals surface area contributed by atoms with Crippen LogP contribution in [0.3, 0.4) is 0 Å². The summed E-state index contributed by atoms with van der Waals surface area (Å²) < 4.78 is 0. The average Bonchev–Trinajstić information content (AvgIpc) is 2.87. The second-order valence-electron chi connectivity index (χ2n) is 6.18. The van der Waals surface area contributed by atoms with Crippen LogP contribution in [-0.2, 0) is 9.59 Å². The van der Waals surface area contributed by atoms with Gasteiger partial charge in [-0.15, -0.1) is 0 Å². The van der Waals surface area contributed by atoms with Crippen molar-refractivity contribution in [2.45, 2.75) is 64.3 Å². The van der Waals surface area contributed by atoms with Crippen molar-refractivity contribution in [1.82, 2.24) is 5.32 Å². The van der Waals surface area contributed by atoms with Gasteiger partial charge in [-0.2, -0.15) is 0 Å². The summed E-state index contributed by atoms with van der Waals surface area (Å²) in [5.41, 5.74) is 0. The first-order valence-corrected chi connectivity index (χ1v) is 7.63. The minimum absolute atomic E-state index is 0.0810. The molecule has 0 saturated heterocycles. The quantitative estimate of drug-likeness (QED) is 0.822. The number of hydrogen-bond donors (Lipinski definition) is 2. The van der Waals surface area contributed by atoms with E-state index in [9.17, 15) is 9.59 Å². The molecule has 1 amide bonds. The molecule has 2 fully saturated rings. The van der Waals surface area contributed by atoms with Gasteiger partial charge in [0.05, 0.1) is 5.92 Å². The number of aliphatic carboxylic acids is 1. The Labute approximate surface area is 115 Å². The Bertz CT molecular complexity index is 334. The van der Waals surface area contributed by atoms with Crippen molar-refractivity contribution in [3.8, 4) is 0 Å². The van der Waals surface area contributed by atoms with Crippen LogP contribution in [0.4, 0.5) is 0 Å². The van der Waals surface area contributed by atoms with Gasteiger partial charge in [-0.3, -0.25) is 9.59 Å². The van der Waals surface area contributed by atoms with E-state index in [0.717, 1.165) is 38.0 Å². The maximum Gasteiger partial charge on any atom is 0.306 e. The zero-order valence-electron chi connectivity index (χ0n) is 11.7. The highest BCUT2D eigenvalue weighted by molar-refractivity contribution is 5.79. The zero-order chi connectivity index (χ0) is 13.8. The van der Waals surface area contributed by atoms with Gasteiger partial charge in [0.25, 0.3) is 0 Å². The third kappa shape index (κ3) is 3.71. The first kappa shape index (κ1) is 14.4. The van der Waals surface area contributed by atoms with Crippen LogP contribution in [0, 0.1) is 17.8 Å². The number of rotatable bonds is 4. The van der Waals surface area contributed by atoms with E-state index in [1.54, 1.807) is 0 Å². The predicted molar refractivity (Wildman–Crippen MR) is 72.6 cm³/mol. The molecule has 2 N–H and O–H groups in total. The monoisotopic (exact) mass is 267 g/mol. The Morgan fingerprint density at radius 1 is 1.05 bits per heavy atom. The van der Waals surface area contributed by atoms with E-state index < -0.39 is 5.97 Å². The fourth-order valence-corrected chi connectivity index (χ4v) is 3.49. The first-order chi connectivity index (χ1) is 9.10. The molecule has 0 heterocycles. The molecule has 2 atom stereocenters. The highest BCUT2D eigenvalue weighted by Gasteiger charge is 2.32. The number of hydrogen-bond acceptors (Lipinski definition) is 2. The number of nitrogens with one attached hydrogen (secondary N) is 1. The van der Waals surface area contributed by atoms with Gasteiger partial charge < -0.3 is 10.4 Å². The fraction of sp³-hybridized carbons (Fsp3) is 0.867. The van der Waals surface area contributed by atoms with Gasteiger partial charge in [-0.05, 0) is 50.9 Å². The third-order valence-electron chi connectivity index (χ3n) is 4.92. The van der Waals surface area contributed by atoms with Crippen LogP contribution >= 0.6 is 0 Å². The minimum atomic E-state index is -0.722. The number of carboxylic acid groups (broad SMARTS) is 1. The summed E-state index contributed by atoms with van der Waals surface area (Å²) in [5, 5.41) is 12.0. The molecule has 2 rings (SSSR count). The van der Waals surface area contributed by atoms with E-state index in [0.29, 0.717) is 12.8 Å². The lowest BCUT2D eigenvalue weighted by Crippen LogP contribution is -2.39. The van der Waals surface area contributed by atoms with Crippen molar-refractivity contribution in [2.75, 3.05) is 0 Å². The number of carboxylic acids is 1. The molecule has 0 aromatic carbocycles. The molecule has 0 aliphatic heterocycles. The highest BCUT2D eigenvalue weighted by atomic mass is 16.4. The van der Waals surface area contributed by atoms with E-state index in [4.69, 9.17) is 5.11 Å². The molecular formula is C15H25NO3. The summed E-state index contributed by atoms with van der Waals surface area (Å²) in [6, 6.07) is 0.0810. The molecule has 4 nitrogen and oxygen atoms in total. The van der Waals surface area contributed by atoms with Crippen molar-refractivity contribution < 1.29 is 14.7 Å². The molecule has 108 valence electrons. The van der Waals surface area contributed by atoms with Crippen molar-refractivity contribution in [1.29, 1.82) is 0 Å². The summed E-state index contributed by atoms with van der Waals surface area (Å²) in [5.74, 6) is 0.130. The van der Waals surface area contributed by atoms with Crippen LogP contribution in [0.5, 0.6) is 0 Å². The minimum Gasteiger partial charge on any atom is -0.481 e. The molecule has 0 unspecified atom stereocenters. The normalized spacial score (nSPS) is 35.0. The van der Waals surface area contributed by atoms with Crippen LogP contribution in [0.25, 0.3) is 0 Å². The molecule has 19 heavy (non-hydrogen) atoms. The molecule has 2 aliphatic carbocycles. The van der Waals surface area contributed by atoms with Gasteiger partial charge in [0.1, 0.15) is 0 Å². The lowest BCUT2D eigenvalue weighted by Gasteiger charge is -2.28. The Morgan fingerprint density at radius 3 is 2.21 bits per heavy atom. The number of carbonyl (C=O) groups excluding carboxylic acids is 1. The van der Waals surface area contributed by atoms with Gasteiger partial charge in [0.2, 0.25) is 5.91 Å². The van der Waals surface area contributed by atoms with Crippen molar-refractivity contribution in [3.63, 3.8) is 0 Å². The van der Waals surface area contributed by atoms with E-state index in [2.05, 4.69) is 12.2 Å². The van der Waals surface area contributed by atoms with Crippen LogP contribution in [0.1, 0.15) is 58.3 Å². The largest absolute Gasteiger partial charge is 0.481 e. The lowest BCUT2D eigenvalue weighted by atomic mass is 9.80. The maximum atomic E-state index is 12.2. The van der Waals surface area contributed by atoms with E-state index in [1.165, 1.54) is 6.42 Å². The van der Waals surface area contributed by atoms with Crippen LogP contribution in [0.2, 0.25) is 0 Å². The third-order valence-corrected chi connectivity index (χ3v) is 4.92. The van der Waals surface area contributed by atoms with Gasteiger partial charge in [-0.25, -0.2) is 0 Å². The average molecular weight is 267 g/mol. The lowest BCUT2D eigenvalue weighted by molar-refractivity contribution is -0.141. The van der Waals surface area contributed by atoms with Gasteiger partial charge >= 0.3 is 5.97 Å². The van der Waals surface area contributed by atoms with Crippen molar-refractivity contribution in [2.24, 2.45) is 17.8 Å². The van der Waals surface area contributed by atoms with Crippen LogP contribution in [0.15, 0.2) is 0 Å². The highest BCUT2D eigenvalue weighted by Crippen LogP contribution is 2.31. The van der Waals surface area contributed by atoms with Crippen molar-refractivity contribution in [3.05, 3.63) is 0 Å². The smallest absolute Gasteiger partial charge is 0.306 e. The number of carbonyl (C=O) groups is 2. The summed E-state index contributed by atoms with van der Waals surface area (Å²) >= 11 is 0. The summed E-state index contributed by atoms with van der Waals surface area (Å²) in [7, 11) is 0. The second kappa shape index (κ2) is 6.40. The van der Waals surface area contributed by atoms with Crippen molar-refractivity contribution >= 4 is 11.9 Å². The Balaban J connectivity index is 1.75. The van der Waals surface area contributed by atoms with Gasteiger partial charge in [0, 0.05) is 12.0 Å². The SMILES string of the molecule is CCC1CCC(C(=O)N[C@H]2CC[C@@H](C(=O)O)C2)CC1. The second-order valence-corrected chi connectivity index (χ2v) is 6.18. The Kier molecular flexibility index (Phi) is 4.83.